The predicted octanol–water partition coefficient (Wildman–Crippen LogP) is 11.1. The monoisotopic (exact) mass is 636 g/mol. The third kappa shape index (κ3) is 9.44. The molecule has 5 nitrogen and oxygen atoms in total. The van der Waals surface area contributed by atoms with E-state index in [-0.39, 0.29) is 0 Å². The molecule has 250 valence electrons. The van der Waals surface area contributed by atoms with Crippen molar-refractivity contribution in [3.63, 3.8) is 0 Å². The standard InChI is InChI=1S/C24H38O4.C18H14O/c1-3-5-7-9-11-15-19-27-23(25)21-17-13-14-18-22(21)24(26)28-20-16-12-10-8-6-4-2;1-2-4-12-11(3-1)5-6-14-13(12)7-8-16-15(14)9-10-17-18(16)19-17/h13-14,17-18H,3-12,15-16,19-20H2,1-2H3;1-8,17-18H,9-10H2. The van der Waals surface area contributed by atoms with Gasteiger partial charge in [0, 0.05) is 0 Å². The van der Waals surface area contributed by atoms with E-state index in [1.807, 2.05) is 0 Å². The molecule has 1 aliphatic heterocycles. The SMILES string of the molecule is CCCCCCCCOC(=O)c1ccccc1C(=O)OCCCCCCCC.c1ccc2c(c1)ccc1c3c(ccc12)C1OC1CC3. The predicted molar refractivity (Wildman–Crippen MR) is 191 cm³/mol. The van der Waals surface area contributed by atoms with Gasteiger partial charge in [-0.3, -0.25) is 0 Å². The van der Waals surface area contributed by atoms with Crippen LogP contribution in [0.15, 0.2) is 72.8 Å². The molecule has 4 aromatic carbocycles. The Hall–Kier alpha value is -3.70. The van der Waals surface area contributed by atoms with Crippen LogP contribution < -0.4 is 0 Å². The Labute approximate surface area is 281 Å². The maximum absolute atomic E-state index is 12.4. The summed E-state index contributed by atoms with van der Waals surface area (Å²) >= 11 is 0. The summed E-state index contributed by atoms with van der Waals surface area (Å²) in [6.45, 7) is 5.17. The van der Waals surface area contributed by atoms with E-state index in [4.69, 9.17) is 14.2 Å². The van der Waals surface area contributed by atoms with Gasteiger partial charge in [-0.25, -0.2) is 9.59 Å². The minimum absolute atomic E-state index is 0.293. The molecule has 1 aliphatic carbocycles. The molecule has 0 amide bonds. The zero-order valence-electron chi connectivity index (χ0n) is 28.4. The van der Waals surface area contributed by atoms with Crippen molar-refractivity contribution in [2.24, 2.45) is 0 Å². The molecule has 0 saturated carbocycles. The summed E-state index contributed by atoms with van der Waals surface area (Å²) in [6.07, 6.45) is 16.9. The quantitative estimate of drug-likeness (QED) is 0.0530. The van der Waals surface area contributed by atoms with E-state index in [9.17, 15) is 9.59 Å². The molecule has 47 heavy (non-hydrogen) atoms. The molecule has 0 bridgehead atoms. The molecular formula is C42H52O5. The lowest BCUT2D eigenvalue weighted by atomic mass is 9.86. The molecule has 2 unspecified atom stereocenters. The smallest absolute Gasteiger partial charge is 0.339 e. The van der Waals surface area contributed by atoms with Crippen LogP contribution in [0.5, 0.6) is 0 Å². The normalized spacial score (nSPS) is 16.1. The van der Waals surface area contributed by atoms with Gasteiger partial charge in [0.25, 0.3) is 0 Å². The van der Waals surface area contributed by atoms with Crippen molar-refractivity contribution in [1.82, 2.24) is 0 Å². The second-order valence-corrected chi connectivity index (χ2v) is 13.0. The lowest BCUT2D eigenvalue weighted by Gasteiger charge is -2.16. The van der Waals surface area contributed by atoms with Crippen molar-refractivity contribution in [2.75, 3.05) is 13.2 Å². The fraction of sp³-hybridized carbons (Fsp3) is 0.476. The maximum atomic E-state index is 12.4. The zero-order valence-corrected chi connectivity index (χ0v) is 28.4. The Bertz CT molecular complexity index is 1560. The first-order valence-electron chi connectivity index (χ1n) is 18.1. The minimum atomic E-state index is -0.444. The highest BCUT2D eigenvalue weighted by Gasteiger charge is 2.44. The Morgan fingerprint density at radius 2 is 1.17 bits per heavy atom. The number of esters is 2. The second-order valence-electron chi connectivity index (χ2n) is 13.0. The second kappa shape index (κ2) is 18.0. The van der Waals surface area contributed by atoms with Gasteiger partial charge in [-0.2, -0.15) is 0 Å². The number of ether oxygens (including phenoxy) is 3. The van der Waals surface area contributed by atoms with Crippen LogP contribution in [-0.4, -0.2) is 31.3 Å². The maximum Gasteiger partial charge on any atom is 0.339 e. The summed E-state index contributed by atoms with van der Waals surface area (Å²) in [5.74, 6) is -0.888. The molecule has 5 heteroatoms. The van der Waals surface area contributed by atoms with Crippen LogP contribution in [0.2, 0.25) is 0 Å². The molecular weight excluding hydrogens is 584 g/mol. The lowest BCUT2D eigenvalue weighted by Crippen LogP contribution is -2.15. The molecule has 1 saturated heterocycles. The number of carbonyl (C=O) groups excluding carboxylic acids is 2. The van der Waals surface area contributed by atoms with Crippen molar-refractivity contribution in [2.45, 2.75) is 116 Å². The molecule has 1 fully saturated rings. The Morgan fingerprint density at radius 1 is 0.617 bits per heavy atom. The van der Waals surface area contributed by atoms with Crippen LogP contribution in [-0.2, 0) is 20.6 Å². The molecule has 0 aromatic heterocycles. The molecule has 4 aromatic rings. The van der Waals surface area contributed by atoms with Gasteiger partial charge in [0.05, 0.1) is 30.4 Å². The summed E-state index contributed by atoms with van der Waals surface area (Å²) in [5.41, 5.74) is 3.53. The van der Waals surface area contributed by atoms with E-state index in [1.54, 1.807) is 24.3 Å². The highest BCUT2D eigenvalue weighted by Crippen LogP contribution is 2.49. The number of carbonyl (C=O) groups is 2. The van der Waals surface area contributed by atoms with Crippen molar-refractivity contribution in [3.8, 4) is 0 Å². The average molecular weight is 637 g/mol. The van der Waals surface area contributed by atoms with Crippen molar-refractivity contribution in [3.05, 3.63) is 95.1 Å². The molecule has 6 rings (SSSR count). The zero-order chi connectivity index (χ0) is 32.8. The number of fused-ring (bicyclic) bond motifs is 7. The summed E-state index contributed by atoms with van der Waals surface area (Å²) in [5, 5.41) is 5.49. The van der Waals surface area contributed by atoms with Crippen LogP contribution >= 0.6 is 0 Å². The van der Waals surface area contributed by atoms with Gasteiger partial charge >= 0.3 is 11.9 Å². The average Bonchev–Trinajstić information content (AvgIpc) is 3.91. The summed E-state index contributed by atoms with van der Waals surface area (Å²) in [4.78, 5) is 24.7. The fourth-order valence-corrected chi connectivity index (χ4v) is 6.72. The Morgan fingerprint density at radius 3 is 1.81 bits per heavy atom. The molecule has 0 radical (unpaired) electrons. The van der Waals surface area contributed by atoms with Gasteiger partial charge in [-0.1, -0.05) is 139 Å². The third-order valence-electron chi connectivity index (χ3n) is 9.47. The summed E-state index contributed by atoms with van der Waals surface area (Å²) in [7, 11) is 0. The molecule has 2 aliphatic rings. The number of benzene rings is 4. The van der Waals surface area contributed by atoms with Gasteiger partial charge in [0.1, 0.15) is 6.10 Å². The Kier molecular flexibility index (Phi) is 13.3. The number of epoxide rings is 1. The summed E-state index contributed by atoms with van der Waals surface area (Å²) < 4.78 is 16.5. The van der Waals surface area contributed by atoms with E-state index in [2.05, 4.69) is 62.4 Å². The van der Waals surface area contributed by atoms with E-state index in [0.29, 0.717) is 36.5 Å². The molecule has 0 N–H and O–H groups in total. The topological polar surface area (TPSA) is 65.1 Å². The number of hydrogen-bond donors (Lipinski definition) is 0. The number of aryl methyl sites for hydroxylation is 1. The largest absolute Gasteiger partial charge is 0.462 e. The third-order valence-corrected chi connectivity index (χ3v) is 9.47. The van der Waals surface area contributed by atoms with Crippen molar-refractivity contribution < 1.29 is 23.8 Å². The highest BCUT2D eigenvalue weighted by molar-refractivity contribution is 6.09. The van der Waals surface area contributed by atoms with Crippen LogP contribution in [0.4, 0.5) is 0 Å². The van der Waals surface area contributed by atoms with E-state index in [0.717, 1.165) is 32.1 Å². The van der Waals surface area contributed by atoms with Crippen LogP contribution in [0.1, 0.15) is 135 Å². The number of hydrogen-bond acceptors (Lipinski definition) is 5. The summed E-state index contributed by atoms with van der Waals surface area (Å²) in [6, 6.07) is 24.5. The van der Waals surface area contributed by atoms with Crippen LogP contribution in [0, 0.1) is 0 Å². The Balaban J connectivity index is 0.000000195. The highest BCUT2D eigenvalue weighted by atomic mass is 16.6. The minimum Gasteiger partial charge on any atom is -0.462 e. The first-order chi connectivity index (χ1) is 23.1. The molecule has 1 heterocycles. The fourth-order valence-electron chi connectivity index (χ4n) is 6.72. The van der Waals surface area contributed by atoms with Gasteiger partial charge < -0.3 is 14.2 Å². The number of unbranched alkanes of at least 4 members (excludes halogenated alkanes) is 10. The van der Waals surface area contributed by atoms with Crippen LogP contribution in [0.3, 0.4) is 0 Å². The number of rotatable bonds is 16. The van der Waals surface area contributed by atoms with E-state index < -0.39 is 11.9 Å². The van der Waals surface area contributed by atoms with Crippen molar-refractivity contribution in [1.29, 1.82) is 0 Å². The van der Waals surface area contributed by atoms with Gasteiger partial charge in [-0.15, -0.1) is 0 Å². The molecule has 2 atom stereocenters. The van der Waals surface area contributed by atoms with E-state index >= 15 is 0 Å². The van der Waals surface area contributed by atoms with E-state index in [1.165, 1.54) is 90.5 Å². The molecule has 0 spiro atoms. The first kappa shape index (κ1) is 34.6. The van der Waals surface area contributed by atoms with Gasteiger partial charge in [0.2, 0.25) is 0 Å². The van der Waals surface area contributed by atoms with Crippen molar-refractivity contribution >= 4 is 33.5 Å². The first-order valence-corrected chi connectivity index (χ1v) is 18.1. The van der Waals surface area contributed by atoms with Crippen LogP contribution in [0.25, 0.3) is 21.5 Å². The van der Waals surface area contributed by atoms with Gasteiger partial charge in [-0.05, 0) is 70.5 Å². The van der Waals surface area contributed by atoms with Gasteiger partial charge in [0.15, 0.2) is 0 Å². The lowest BCUT2D eigenvalue weighted by molar-refractivity contribution is 0.0450.